The molecular formula is C24H34N2O3. The zero-order chi connectivity index (χ0) is 20.8. The van der Waals surface area contributed by atoms with Gasteiger partial charge in [0, 0.05) is 31.1 Å². The minimum Gasteiger partial charge on any atom is -0.462 e. The summed E-state index contributed by atoms with van der Waals surface area (Å²) >= 11 is 0. The average molecular weight is 399 g/mol. The molecule has 3 aliphatic rings. The first-order valence-electron chi connectivity index (χ1n) is 11.2. The van der Waals surface area contributed by atoms with Crippen molar-refractivity contribution in [1.82, 2.24) is 9.80 Å². The quantitative estimate of drug-likeness (QED) is 0.695. The highest BCUT2D eigenvalue weighted by Crippen LogP contribution is 2.56. The maximum atomic E-state index is 13.4. The molecule has 0 unspecified atom stereocenters. The summed E-state index contributed by atoms with van der Waals surface area (Å²) in [7, 11) is 0. The molecule has 2 heterocycles. The van der Waals surface area contributed by atoms with Gasteiger partial charge in [-0.1, -0.05) is 32.9 Å². The maximum Gasteiger partial charge on any atom is 0.338 e. The molecule has 2 bridgehead atoms. The van der Waals surface area contributed by atoms with Crippen molar-refractivity contribution in [2.75, 3.05) is 26.2 Å². The standard InChI is InChI=1S/C24H34N2O3/c1-5-29-21(27)17-10-9-11-19-18(17)16-20-23(2,3)24(19,4)12-15-26(20)22(28)25-13-7-6-8-14-25/h9-11,20H,5-8,12-16H2,1-4H3/t20-,24+/m1/s1. The van der Waals surface area contributed by atoms with Crippen LogP contribution in [0, 0.1) is 5.41 Å². The van der Waals surface area contributed by atoms with Gasteiger partial charge in [-0.3, -0.25) is 0 Å². The fraction of sp³-hybridized carbons (Fsp3) is 0.667. The minimum absolute atomic E-state index is 0.0724. The van der Waals surface area contributed by atoms with E-state index in [0.717, 1.165) is 44.5 Å². The van der Waals surface area contributed by atoms with Crippen LogP contribution in [0.25, 0.3) is 0 Å². The molecular weight excluding hydrogens is 364 g/mol. The number of piperidine rings is 2. The summed E-state index contributed by atoms with van der Waals surface area (Å²) in [6.07, 6.45) is 5.04. The summed E-state index contributed by atoms with van der Waals surface area (Å²) in [6.45, 7) is 11.6. The van der Waals surface area contributed by atoms with Crippen LogP contribution < -0.4 is 0 Å². The summed E-state index contributed by atoms with van der Waals surface area (Å²) < 4.78 is 5.34. The molecule has 1 aromatic rings. The minimum atomic E-state index is -0.250. The van der Waals surface area contributed by atoms with Gasteiger partial charge in [-0.15, -0.1) is 0 Å². The molecule has 2 saturated heterocycles. The average Bonchev–Trinajstić information content (AvgIpc) is 2.71. The van der Waals surface area contributed by atoms with Crippen LogP contribution in [0.3, 0.4) is 0 Å². The number of carbonyl (C=O) groups excluding carboxylic acids is 2. The normalized spacial score (nSPS) is 27.9. The van der Waals surface area contributed by atoms with Gasteiger partial charge in [-0.2, -0.15) is 0 Å². The van der Waals surface area contributed by atoms with Crippen LogP contribution in [0.1, 0.15) is 74.9 Å². The van der Waals surface area contributed by atoms with Crippen LogP contribution in [0.5, 0.6) is 0 Å². The van der Waals surface area contributed by atoms with Crippen LogP contribution in [0.15, 0.2) is 18.2 Å². The molecule has 2 atom stereocenters. The van der Waals surface area contributed by atoms with Crippen LogP contribution in [-0.2, 0) is 16.6 Å². The second-order valence-electron chi connectivity index (χ2n) is 9.60. The van der Waals surface area contributed by atoms with E-state index in [1.807, 2.05) is 24.0 Å². The lowest BCUT2D eigenvalue weighted by Gasteiger charge is -2.61. The van der Waals surface area contributed by atoms with Gasteiger partial charge >= 0.3 is 12.0 Å². The number of hydrogen-bond donors (Lipinski definition) is 0. The van der Waals surface area contributed by atoms with Crippen molar-refractivity contribution in [3.63, 3.8) is 0 Å². The first-order chi connectivity index (χ1) is 13.8. The highest BCUT2D eigenvalue weighted by atomic mass is 16.5. The Morgan fingerprint density at radius 3 is 2.52 bits per heavy atom. The fourth-order valence-corrected chi connectivity index (χ4v) is 5.84. The van der Waals surface area contributed by atoms with Crippen molar-refractivity contribution < 1.29 is 14.3 Å². The van der Waals surface area contributed by atoms with E-state index in [-0.39, 0.29) is 28.9 Å². The summed E-state index contributed by atoms with van der Waals surface area (Å²) in [5.74, 6) is -0.250. The van der Waals surface area contributed by atoms with Crippen molar-refractivity contribution in [3.8, 4) is 0 Å². The Morgan fingerprint density at radius 1 is 1.10 bits per heavy atom. The number of benzene rings is 1. The number of fused-ring (bicyclic) bond motifs is 4. The van der Waals surface area contributed by atoms with Gasteiger partial charge in [-0.25, -0.2) is 9.59 Å². The SMILES string of the molecule is CCOC(=O)c1cccc2c1C[C@H]1N(C(=O)N3CCCCC3)CC[C@]2(C)C1(C)C. The highest BCUT2D eigenvalue weighted by Gasteiger charge is 2.57. The molecule has 1 aromatic carbocycles. The van der Waals surface area contributed by atoms with Crippen molar-refractivity contribution >= 4 is 12.0 Å². The van der Waals surface area contributed by atoms with E-state index in [2.05, 4.69) is 31.7 Å². The Labute approximate surface area is 174 Å². The van der Waals surface area contributed by atoms with E-state index in [1.54, 1.807) is 0 Å². The monoisotopic (exact) mass is 398 g/mol. The maximum absolute atomic E-state index is 13.4. The van der Waals surface area contributed by atoms with Crippen LogP contribution in [0.2, 0.25) is 0 Å². The third kappa shape index (κ3) is 3.04. The molecule has 2 aliphatic heterocycles. The molecule has 2 amide bonds. The van der Waals surface area contributed by atoms with Crippen molar-refractivity contribution in [2.24, 2.45) is 5.41 Å². The predicted octanol–water partition coefficient (Wildman–Crippen LogP) is 4.38. The lowest BCUT2D eigenvalue weighted by molar-refractivity contribution is -0.0245. The summed E-state index contributed by atoms with van der Waals surface area (Å²) in [6, 6.07) is 6.31. The largest absolute Gasteiger partial charge is 0.462 e. The van der Waals surface area contributed by atoms with E-state index >= 15 is 0 Å². The van der Waals surface area contributed by atoms with Gasteiger partial charge in [0.1, 0.15) is 0 Å². The molecule has 0 N–H and O–H groups in total. The lowest BCUT2D eigenvalue weighted by atomic mass is 9.50. The van der Waals surface area contributed by atoms with Gasteiger partial charge in [-0.05, 0) is 61.6 Å². The Morgan fingerprint density at radius 2 is 1.83 bits per heavy atom. The number of rotatable bonds is 2. The third-order valence-electron chi connectivity index (χ3n) is 8.02. The molecule has 0 aromatic heterocycles. The van der Waals surface area contributed by atoms with Gasteiger partial charge in [0.15, 0.2) is 0 Å². The number of esters is 1. The second-order valence-corrected chi connectivity index (χ2v) is 9.60. The Hall–Kier alpha value is -2.04. The van der Waals surface area contributed by atoms with E-state index < -0.39 is 0 Å². The number of likely N-dealkylation sites (tertiary alicyclic amines) is 2. The zero-order valence-corrected chi connectivity index (χ0v) is 18.3. The number of hydrogen-bond acceptors (Lipinski definition) is 3. The summed E-state index contributed by atoms with van der Waals surface area (Å²) in [5, 5.41) is 0. The van der Waals surface area contributed by atoms with E-state index in [9.17, 15) is 9.59 Å². The van der Waals surface area contributed by atoms with Gasteiger partial charge in [0.25, 0.3) is 0 Å². The number of amides is 2. The number of ether oxygens (including phenoxy) is 1. The van der Waals surface area contributed by atoms with Crippen molar-refractivity contribution in [1.29, 1.82) is 0 Å². The van der Waals surface area contributed by atoms with Crippen molar-refractivity contribution in [2.45, 2.75) is 71.3 Å². The molecule has 2 fully saturated rings. The molecule has 158 valence electrons. The van der Waals surface area contributed by atoms with E-state index in [4.69, 9.17) is 4.74 Å². The first-order valence-corrected chi connectivity index (χ1v) is 11.2. The Kier molecular flexibility index (Phi) is 5.12. The molecule has 1 aliphatic carbocycles. The summed E-state index contributed by atoms with van der Waals surface area (Å²) in [5.41, 5.74) is 2.86. The number of urea groups is 1. The summed E-state index contributed by atoms with van der Waals surface area (Å²) in [4.78, 5) is 30.2. The van der Waals surface area contributed by atoms with Crippen LogP contribution in [-0.4, -0.2) is 54.1 Å². The fourth-order valence-electron chi connectivity index (χ4n) is 5.84. The van der Waals surface area contributed by atoms with Crippen LogP contribution in [0.4, 0.5) is 4.79 Å². The lowest BCUT2D eigenvalue weighted by Crippen LogP contribution is -2.66. The Bertz CT molecular complexity index is 812. The number of nitrogens with zero attached hydrogens (tertiary/aromatic N) is 2. The zero-order valence-electron chi connectivity index (χ0n) is 18.3. The number of carbonyl (C=O) groups is 2. The smallest absolute Gasteiger partial charge is 0.338 e. The molecule has 0 saturated carbocycles. The second kappa shape index (κ2) is 7.33. The van der Waals surface area contributed by atoms with Crippen LogP contribution >= 0.6 is 0 Å². The third-order valence-corrected chi connectivity index (χ3v) is 8.02. The van der Waals surface area contributed by atoms with E-state index in [1.165, 1.54) is 12.0 Å². The predicted molar refractivity (Wildman–Crippen MR) is 113 cm³/mol. The first kappa shape index (κ1) is 20.2. The molecule has 29 heavy (non-hydrogen) atoms. The van der Waals surface area contributed by atoms with Gasteiger partial charge in [0.2, 0.25) is 0 Å². The van der Waals surface area contributed by atoms with Gasteiger partial charge < -0.3 is 14.5 Å². The molecule has 4 rings (SSSR count). The van der Waals surface area contributed by atoms with E-state index in [0.29, 0.717) is 18.6 Å². The molecule has 0 spiro atoms. The highest BCUT2D eigenvalue weighted by molar-refractivity contribution is 5.92. The Balaban J connectivity index is 1.74. The van der Waals surface area contributed by atoms with Crippen molar-refractivity contribution in [3.05, 3.63) is 34.9 Å². The topological polar surface area (TPSA) is 49.9 Å². The molecule has 5 nitrogen and oxygen atoms in total. The van der Waals surface area contributed by atoms with Gasteiger partial charge in [0.05, 0.1) is 12.2 Å². The molecule has 0 radical (unpaired) electrons. The molecule has 5 heteroatoms.